The van der Waals surface area contributed by atoms with Crippen molar-refractivity contribution in [3.05, 3.63) is 149 Å². The highest BCUT2D eigenvalue weighted by atomic mass is 32.3. The predicted octanol–water partition coefficient (Wildman–Crippen LogP) is 9.51. The second-order valence-electron chi connectivity index (χ2n) is 8.65. The van der Waals surface area contributed by atoms with Crippen molar-refractivity contribution in [2.24, 2.45) is 0 Å². The van der Waals surface area contributed by atoms with Crippen molar-refractivity contribution in [2.45, 2.75) is 20.3 Å². The molecular weight excluding hydrogens is 428 g/mol. The number of hydrogen-bond acceptors (Lipinski definition) is 0. The summed E-state index contributed by atoms with van der Waals surface area (Å²) in [7, 11) is -1.34. The molecule has 1 unspecified atom stereocenters. The van der Waals surface area contributed by atoms with Gasteiger partial charge in [0.25, 0.3) is 0 Å². The Labute approximate surface area is 207 Å². The van der Waals surface area contributed by atoms with Crippen LogP contribution in [0.2, 0.25) is 0 Å². The van der Waals surface area contributed by atoms with Crippen LogP contribution >= 0.6 is 10.0 Å². The Hall–Kier alpha value is -3.29. The summed E-state index contributed by atoms with van der Waals surface area (Å²) in [5.41, 5.74) is 7.82. The van der Waals surface area contributed by atoms with Gasteiger partial charge in [0, 0.05) is 21.0 Å². The smallest absolute Gasteiger partial charge is 0.00970 e. The van der Waals surface area contributed by atoms with Gasteiger partial charge in [-0.1, -0.05) is 129 Å². The van der Waals surface area contributed by atoms with Crippen LogP contribution in [0, 0.1) is 0 Å². The minimum absolute atomic E-state index is 1.13. The Morgan fingerprint density at radius 2 is 1.26 bits per heavy atom. The molecule has 0 bridgehead atoms. The quantitative estimate of drug-likeness (QED) is 0.292. The number of rotatable bonds is 8. The fourth-order valence-electron chi connectivity index (χ4n) is 4.99. The van der Waals surface area contributed by atoms with Gasteiger partial charge in [-0.2, -0.15) is 10.0 Å². The number of hydrogen-bond donors (Lipinski definition) is 0. The fraction of sp³-hybridized carbons (Fsp3) is 0.152. The first-order chi connectivity index (χ1) is 16.7. The number of allylic oxidation sites excluding steroid dienone is 7. The molecule has 0 nitrogen and oxygen atoms in total. The van der Waals surface area contributed by atoms with Crippen LogP contribution in [-0.4, -0.2) is 12.0 Å². The van der Waals surface area contributed by atoms with Crippen LogP contribution in [0.15, 0.2) is 132 Å². The van der Waals surface area contributed by atoms with Gasteiger partial charge in [-0.15, -0.1) is 0 Å². The minimum Gasteiger partial charge on any atom is -0.188 e. The third-order valence-electron chi connectivity index (χ3n) is 6.33. The van der Waals surface area contributed by atoms with Crippen molar-refractivity contribution in [2.75, 3.05) is 12.0 Å². The third kappa shape index (κ3) is 4.41. The molecule has 0 N–H and O–H groups in total. The van der Waals surface area contributed by atoms with Crippen molar-refractivity contribution in [1.82, 2.24) is 0 Å². The van der Waals surface area contributed by atoms with Crippen molar-refractivity contribution in [3.8, 4) is 0 Å². The molecule has 0 saturated heterocycles. The van der Waals surface area contributed by atoms with Crippen LogP contribution in [0.5, 0.6) is 0 Å². The van der Waals surface area contributed by atoms with Crippen molar-refractivity contribution in [1.29, 1.82) is 0 Å². The van der Waals surface area contributed by atoms with Gasteiger partial charge in [-0.25, -0.2) is 0 Å². The monoisotopic (exact) mass is 462 g/mol. The van der Waals surface area contributed by atoms with Crippen molar-refractivity contribution >= 4 is 26.1 Å². The van der Waals surface area contributed by atoms with E-state index in [-0.39, 0.29) is 0 Å². The lowest BCUT2D eigenvalue weighted by atomic mass is 9.89. The first-order valence-electron chi connectivity index (χ1n) is 12.0. The molecule has 34 heavy (non-hydrogen) atoms. The average molecular weight is 463 g/mol. The molecule has 3 aromatic rings. The summed E-state index contributed by atoms with van der Waals surface area (Å²) in [6.45, 7) is 8.65. The summed E-state index contributed by atoms with van der Waals surface area (Å²) in [6.07, 6.45) is 12.2. The molecule has 0 radical (unpaired) electrons. The Morgan fingerprint density at radius 1 is 0.765 bits per heavy atom. The lowest BCUT2D eigenvalue weighted by Gasteiger charge is -2.39. The molecule has 4 rings (SSSR count). The maximum absolute atomic E-state index is 4.27. The van der Waals surface area contributed by atoms with Crippen molar-refractivity contribution < 1.29 is 0 Å². The van der Waals surface area contributed by atoms with Gasteiger partial charge in [0.05, 0.1) is 0 Å². The Bertz CT molecular complexity index is 1260. The van der Waals surface area contributed by atoms with Gasteiger partial charge in [-0.3, -0.25) is 0 Å². The maximum Gasteiger partial charge on any atom is 0.00970 e. The van der Waals surface area contributed by atoms with Crippen LogP contribution in [0.3, 0.4) is 0 Å². The molecule has 1 aliphatic heterocycles. The predicted molar refractivity (Wildman–Crippen MR) is 155 cm³/mol. The maximum atomic E-state index is 4.27. The van der Waals surface area contributed by atoms with E-state index in [2.05, 4.69) is 142 Å². The van der Waals surface area contributed by atoms with E-state index in [1.807, 2.05) is 0 Å². The molecule has 1 aliphatic rings. The van der Waals surface area contributed by atoms with Gasteiger partial charge in [0.15, 0.2) is 0 Å². The lowest BCUT2D eigenvalue weighted by molar-refractivity contribution is 1.10. The van der Waals surface area contributed by atoms with Gasteiger partial charge >= 0.3 is 0 Å². The zero-order valence-corrected chi connectivity index (χ0v) is 21.3. The van der Waals surface area contributed by atoms with Crippen LogP contribution < -0.4 is 0 Å². The summed E-state index contributed by atoms with van der Waals surface area (Å²) in [6, 6.07) is 32.9. The second-order valence-corrected chi connectivity index (χ2v) is 12.1. The van der Waals surface area contributed by atoms with E-state index in [0.29, 0.717) is 0 Å². The summed E-state index contributed by atoms with van der Waals surface area (Å²) < 4.78 is 0. The van der Waals surface area contributed by atoms with Crippen LogP contribution in [0.25, 0.3) is 16.1 Å². The molecule has 1 atom stereocenters. The highest BCUT2D eigenvalue weighted by Gasteiger charge is 2.41. The second kappa shape index (κ2) is 10.8. The standard InChI is InChI=1S/C33H34S/c1-5-8-18-26(7-3)32-30(27-19-12-9-13-20-27)31(28-21-14-10-15-22-28)33(34(32,4)25-6-2)29-23-16-11-17-24-29/h5,7-24H,3,6,25H2,1-2,4H3/b8-5-,26-18+. The first kappa shape index (κ1) is 23.9. The van der Waals surface area contributed by atoms with Crippen molar-refractivity contribution in [3.63, 3.8) is 0 Å². The molecule has 3 aromatic carbocycles. The fourth-order valence-corrected chi connectivity index (χ4v) is 9.08. The topological polar surface area (TPSA) is 0 Å². The van der Waals surface area contributed by atoms with Gasteiger partial charge in [0.2, 0.25) is 0 Å². The largest absolute Gasteiger partial charge is 0.188 e. The molecule has 0 aliphatic carbocycles. The summed E-state index contributed by atoms with van der Waals surface area (Å²) >= 11 is 0. The molecule has 1 heterocycles. The summed E-state index contributed by atoms with van der Waals surface area (Å²) in [4.78, 5) is 2.94. The van der Waals surface area contributed by atoms with E-state index in [4.69, 9.17) is 0 Å². The SMILES string of the molecule is C=C/C(=C\C=C/C)C1=C(c2ccccc2)C(c2ccccc2)=C(c2ccccc2)S1(C)CCC. The average Bonchev–Trinajstić information content (AvgIpc) is 3.15. The Morgan fingerprint density at radius 3 is 1.74 bits per heavy atom. The van der Waals surface area contributed by atoms with E-state index < -0.39 is 10.0 Å². The highest BCUT2D eigenvalue weighted by molar-refractivity contribution is 8.44. The molecule has 0 spiro atoms. The van der Waals surface area contributed by atoms with Crippen LogP contribution in [0.4, 0.5) is 0 Å². The van der Waals surface area contributed by atoms with Gasteiger partial charge in [-0.05, 0) is 47.6 Å². The molecule has 1 heteroatoms. The molecule has 0 aromatic heterocycles. The van der Waals surface area contributed by atoms with E-state index in [1.165, 1.54) is 43.2 Å². The summed E-state index contributed by atoms with van der Waals surface area (Å²) in [5.74, 6) is 1.14. The third-order valence-corrected chi connectivity index (χ3v) is 10.2. The van der Waals surface area contributed by atoms with E-state index >= 15 is 0 Å². The zero-order valence-electron chi connectivity index (χ0n) is 20.5. The van der Waals surface area contributed by atoms with E-state index in [0.717, 1.165) is 12.2 Å². The van der Waals surface area contributed by atoms with Crippen LogP contribution in [-0.2, 0) is 0 Å². The summed E-state index contributed by atoms with van der Waals surface area (Å²) in [5, 5.41) is 0. The molecular formula is C33H34S. The zero-order chi connectivity index (χ0) is 24.0. The highest BCUT2D eigenvalue weighted by Crippen LogP contribution is 2.74. The normalized spacial score (nSPS) is 20.6. The molecule has 0 fully saturated rings. The van der Waals surface area contributed by atoms with Gasteiger partial charge < -0.3 is 0 Å². The number of benzene rings is 3. The Kier molecular flexibility index (Phi) is 7.55. The van der Waals surface area contributed by atoms with E-state index in [1.54, 1.807) is 0 Å². The van der Waals surface area contributed by atoms with E-state index in [9.17, 15) is 0 Å². The van der Waals surface area contributed by atoms with Crippen LogP contribution in [0.1, 0.15) is 37.0 Å². The molecule has 172 valence electrons. The molecule has 0 amide bonds. The first-order valence-corrected chi connectivity index (χ1v) is 14.2. The lowest BCUT2D eigenvalue weighted by Crippen LogP contribution is -2.07. The molecule has 0 saturated carbocycles. The Balaban J connectivity index is 2.20. The van der Waals surface area contributed by atoms with Gasteiger partial charge in [0.1, 0.15) is 0 Å². The minimum atomic E-state index is -1.34.